The van der Waals surface area contributed by atoms with Gasteiger partial charge in [-0.15, -0.1) is 0 Å². The van der Waals surface area contributed by atoms with Crippen molar-refractivity contribution < 1.29 is 14.3 Å². The Morgan fingerprint density at radius 2 is 1.60 bits per heavy atom. The number of carbonyl (C=O) groups excluding carboxylic acids is 1. The fraction of sp³-hybridized carbons (Fsp3) is 0.133. The highest BCUT2D eigenvalue weighted by atomic mass is 35.5. The van der Waals surface area contributed by atoms with Crippen molar-refractivity contribution in [2.24, 2.45) is 0 Å². The van der Waals surface area contributed by atoms with E-state index in [4.69, 9.17) is 21.1 Å². The highest BCUT2D eigenvalue weighted by Gasteiger charge is 2.02. The summed E-state index contributed by atoms with van der Waals surface area (Å²) in [5.41, 5.74) is 0.645. The van der Waals surface area contributed by atoms with E-state index < -0.39 is 6.09 Å². The molecular formula is C15H14ClNO3. The number of hydrogen-bond acceptors (Lipinski definition) is 3. The number of nitrogens with one attached hydrogen (secondary N) is 1. The fourth-order valence-corrected chi connectivity index (χ4v) is 1.66. The number of benzene rings is 2. The van der Waals surface area contributed by atoms with Crippen molar-refractivity contribution in [2.75, 3.05) is 11.9 Å². The van der Waals surface area contributed by atoms with Crippen LogP contribution in [0.1, 0.15) is 6.92 Å². The molecule has 0 unspecified atom stereocenters. The number of halogens is 1. The first-order valence-corrected chi connectivity index (χ1v) is 6.52. The molecule has 104 valence electrons. The van der Waals surface area contributed by atoms with Gasteiger partial charge in [-0.05, 0) is 55.5 Å². The molecule has 0 aliphatic carbocycles. The minimum atomic E-state index is -0.473. The van der Waals surface area contributed by atoms with Crippen LogP contribution in [-0.2, 0) is 4.74 Å². The normalized spacial score (nSPS) is 9.90. The highest BCUT2D eigenvalue weighted by Crippen LogP contribution is 2.24. The highest BCUT2D eigenvalue weighted by molar-refractivity contribution is 6.30. The first-order valence-electron chi connectivity index (χ1n) is 6.14. The summed E-state index contributed by atoms with van der Waals surface area (Å²) in [4.78, 5) is 11.2. The van der Waals surface area contributed by atoms with Crippen LogP contribution in [0.25, 0.3) is 0 Å². The fourth-order valence-electron chi connectivity index (χ4n) is 1.53. The summed E-state index contributed by atoms with van der Waals surface area (Å²) in [6.45, 7) is 2.09. The topological polar surface area (TPSA) is 47.6 Å². The van der Waals surface area contributed by atoms with E-state index in [0.717, 1.165) is 0 Å². The summed E-state index contributed by atoms with van der Waals surface area (Å²) >= 11 is 5.80. The van der Waals surface area contributed by atoms with E-state index >= 15 is 0 Å². The summed E-state index contributed by atoms with van der Waals surface area (Å²) in [6, 6.07) is 14.1. The maximum absolute atomic E-state index is 11.2. The Balaban J connectivity index is 1.97. The van der Waals surface area contributed by atoms with Crippen molar-refractivity contribution in [1.29, 1.82) is 0 Å². The Morgan fingerprint density at radius 3 is 2.15 bits per heavy atom. The molecule has 2 rings (SSSR count). The molecular weight excluding hydrogens is 278 g/mol. The van der Waals surface area contributed by atoms with Gasteiger partial charge in [-0.25, -0.2) is 4.79 Å². The van der Waals surface area contributed by atoms with Crippen LogP contribution in [0, 0.1) is 0 Å². The van der Waals surface area contributed by atoms with Crippen LogP contribution < -0.4 is 10.1 Å². The van der Waals surface area contributed by atoms with Gasteiger partial charge in [0.25, 0.3) is 0 Å². The zero-order valence-corrected chi connectivity index (χ0v) is 11.7. The third-order valence-corrected chi connectivity index (χ3v) is 2.68. The van der Waals surface area contributed by atoms with E-state index in [-0.39, 0.29) is 0 Å². The van der Waals surface area contributed by atoms with Gasteiger partial charge in [0.1, 0.15) is 11.5 Å². The lowest BCUT2D eigenvalue weighted by Crippen LogP contribution is -2.12. The minimum absolute atomic E-state index is 0.337. The second-order valence-electron chi connectivity index (χ2n) is 3.93. The van der Waals surface area contributed by atoms with Crippen molar-refractivity contribution in [3.63, 3.8) is 0 Å². The molecule has 2 aromatic carbocycles. The lowest BCUT2D eigenvalue weighted by atomic mass is 10.3. The molecule has 2 aromatic rings. The van der Waals surface area contributed by atoms with Gasteiger partial charge < -0.3 is 9.47 Å². The van der Waals surface area contributed by atoms with Gasteiger partial charge in [-0.2, -0.15) is 0 Å². The zero-order valence-electron chi connectivity index (χ0n) is 10.9. The van der Waals surface area contributed by atoms with Crippen LogP contribution in [0.4, 0.5) is 10.5 Å². The van der Waals surface area contributed by atoms with Crippen LogP contribution in [0.15, 0.2) is 48.5 Å². The molecule has 0 atom stereocenters. The molecule has 0 aliphatic rings. The minimum Gasteiger partial charge on any atom is -0.457 e. The molecule has 0 fully saturated rings. The Labute approximate surface area is 122 Å². The molecule has 0 saturated carbocycles. The molecule has 0 aromatic heterocycles. The van der Waals surface area contributed by atoms with E-state index in [1.165, 1.54) is 0 Å². The zero-order chi connectivity index (χ0) is 14.4. The van der Waals surface area contributed by atoms with Gasteiger partial charge in [0, 0.05) is 10.7 Å². The third-order valence-electron chi connectivity index (χ3n) is 2.43. The standard InChI is InChI=1S/C15H14ClNO3/c1-2-19-15(18)17-12-5-9-14(10-6-12)20-13-7-3-11(16)4-8-13/h3-10H,2H2,1H3,(H,17,18). The van der Waals surface area contributed by atoms with Gasteiger partial charge in [-0.3, -0.25) is 5.32 Å². The van der Waals surface area contributed by atoms with E-state index in [2.05, 4.69) is 5.32 Å². The first-order chi connectivity index (χ1) is 9.67. The van der Waals surface area contributed by atoms with Crippen molar-refractivity contribution in [2.45, 2.75) is 6.92 Å². The number of amides is 1. The predicted molar refractivity (Wildman–Crippen MR) is 78.6 cm³/mol. The third kappa shape index (κ3) is 4.17. The molecule has 0 radical (unpaired) electrons. The largest absolute Gasteiger partial charge is 0.457 e. The summed E-state index contributed by atoms with van der Waals surface area (Å²) in [6.07, 6.45) is -0.473. The Hall–Kier alpha value is -2.20. The van der Waals surface area contributed by atoms with Crippen LogP contribution in [0.5, 0.6) is 11.5 Å². The Kier molecular flexibility index (Phi) is 4.85. The molecule has 1 amide bonds. The smallest absolute Gasteiger partial charge is 0.411 e. The van der Waals surface area contributed by atoms with Gasteiger partial charge >= 0.3 is 6.09 Å². The monoisotopic (exact) mass is 291 g/mol. The quantitative estimate of drug-likeness (QED) is 0.888. The second-order valence-corrected chi connectivity index (χ2v) is 4.36. The van der Waals surface area contributed by atoms with Gasteiger partial charge in [0.15, 0.2) is 0 Å². The number of anilines is 1. The van der Waals surface area contributed by atoms with Crippen LogP contribution in [0.2, 0.25) is 5.02 Å². The average molecular weight is 292 g/mol. The molecule has 0 bridgehead atoms. The van der Waals surface area contributed by atoms with Crippen molar-refractivity contribution in [1.82, 2.24) is 0 Å². The molecule has 1 N–H and O–H groups in total. The first kappa shape index (κ1) is 14.2. The summed E-state index contributed by atoms with van der Waals surface area (Å²) in [7, 11) is 0. The Morgan fingerprint density at radius 1 is 1.05 bits per heavy atom. The van der Waals surface area contributed by atoms with Gasteiger partial charge in [-0.1, -0.05) is 11.6 Å². The van der Waals surface area contributed by atoms with Crippen LogP contribution in [0.3, 0.4) is 0 Å². The predicted octanol–water partition coefficient (Wildman–Crippen LogP) is 4.70. The molecule has 0 aliphatic heterocycles. The molecule has 4 nitrogen and oxygen atoms in total. The lowest BCUT2D eigenvalue weighted by Gasteiger charge is -2.08. The molecule has 20 heavy (non-hydrogen) atoms. The molecule has 0 spiro atoms. The van der Waals surface area contributed by atoms with Crippen molar-refractivity contribution in [3.8, 4) is 11.5 Å². The van der Waals surface area contributed by atoms with E-state index in [1.807, 2.05) is 0 Å². The Bertz CT molecular complexity index is 567. The van der Waals surface area contributed by atoms with E-state index in [0.29, 0.717) is 28.8 Å². The van der Waals surface area contributed by atoms with E-state index in [9.17, 15) is 4.79 Å². The number of ether oxygens (including phenoxy) is 2. The van der Waals surface area contributed by atoms with Gasteiger partial charge in [0.2, 0.25) is 0 Å². The molecule has 0 saturated heterocycles. The van der Waals surface area contributed by atoms with Crippen LogP contribution in [-0.4, -0.2) is 12.7 Å². The van der Waals surface area contributed by atoms with Crippen molar-refractivity contribution >= 4 is 23.4 Å². The second kappa shape index (κ2) is 6.82. The number of hydrogen-bond donors (Lipinski definition) is 1. The van der Waals surface area contributed by atoms with Crippen molar-refractivity contribution in [3.05, 3.63) is 53.6 Å². The number of carbonyl (C=O) groups is 1. The van der Waals surface area contributed by atoms with E-state index in [1.54, 1.807) is 55.5 Å². The number of rotatable bonds is 4. The molecule has 0 heterocycles. The maximum atomic E-state index is 11.2. The average Bonchev–Trinajstić information content (AvgIpc) is 2.44. The molecule has 5 heteroatoms. The van der Waals surface area contributed by atoms with Gasteiger partial charge in [0.05, 0.1) is 6.61 Å². The van der Waals surface area contributed by atoms with Crippen LogP contribution >= 0.6 is 11.6 Å². The summed E-state index contributed by atoms with van der Waals surface area (Å²) < 4.78 is 10.4. The SMILES string of the molecule is CCOC(=O)Nc1ccc(Oc2ccc(Cl)cc2)cc1. The maximum Gasteiger partial charge on any atom is 0.411 e. The summed E-state index contributed by atoms with van der Waals surface area (Å²) in [5, 5.41) is 3.27. The summed E-state index contributed by atoms with van der Waals surface area (Å²) in [5.74, 6) is 1.36. The lowest BCUT2D eigenvalue weighted by molar-refractivity contribution is 0.168.